The predicted molar refractivity (Wildman–Crippen MR) is 44.1 cm³/mol. The highest BCUT2D eigenvalue weighted by molar-refractivity contribution is 4.77. The van der Waals surface area contributed by atoms with Crippen molar-refractivity contribution >= 4 is 0 Å². The van der Waals surface area contributed by atoms with Gasteiger partial charge in [0, 0.05) is 5.54 Å². The van der Waals surface area contributed by atoms with Gasteiger partial charge in [-0.3, -0.25) is 4.90 Å². The Kier molecular flexibility index (Phi) is 3.91. The Balaban J connectivity index is 3.78. The molecule has 0 aromatic carbocycles. The lowest BCUT2D eigenvalue weighted by atomic mass is 10.1. The van der Waals surface area contributed by atoms with Crippen molar-refractivity contribution in [2.45, 2.75) is 32.7 Å². The van der Waals surface area contributed by atoms with Crippen LogP contribution in [0, 0.1) is 0 Å². The SMILES string of the molecule is CCCN(C)C(C)(C)CO. The van der Waals surface area contributed by atoms with E-state index in [2.05, 4.69) is 11.8 Å². The van der Waals surface area contributed by atoms with E-state index in [4.69, 9.17) is 5.11 Å². The van der Waals surface area contributed by atoms with Crippen LogP contribution in [-0.4, -0.2) is 35.7 Å². The van der Waals surface area contributed by atoms with Gasteiger partial charge in [0.15, 0.2) is 0 Å². The summed E-state index contributed by atoms with van der Waals surface area (Å²) in [5.74, 6) is 0. The molecule has 62 valence electrons. The molecule has 0 aromatic rings. The average molecular weight is 145 g/mol. The lowest BCUT2D eigenvalue weighted by molar-refractivity contribution is 0.0793. The third-order valence-electron chi connectivity index (χ3n) is 1.98. The molecule has 0 aliphatic heterocycles. The first-order valence-corrected chi connectivity index (χ1v) is 3.86. The summed E-state index contributed by atoms with van der Waals surface area (Å²) >= 11 is 0. The zero-order chi connectivity index (χ0) is 8.20. The van der Waals surface area contributed by atoms with Gasteiger partial charge in [-0.1, -0.05) is 6.92 Å². The summed E-state index contributed by atoms with van der Waals surface area (Å²) in [5.41, 5.74) is -0.0595. The van der Waals surface area contributed by atoms with Gasteiger partial charge in [0.1, 0.15) is 0 Å². The van der Waals surface area contributed by atoms with E-state index in [1.54, 1.807) is 0 Å². The second kappa shape index (κ2) is 3.94. The topological polar surface area (TPSA) is 23.5 Å². The smallest absolute Gasteiger partial charge is 0.0609 e. The molecule has 0 radical (unpaired) electrons. The van der Waals surface area contributed by atoms with Crippen LogP contribution in [0.1, 0.15) is 27.2 Å². The molecule has 0 spiro atoms. The summed E-state index contributed by atoms with van der Waals surface area (Å²) < 4.78 is 0. The molecule has 0 saturated heterocycles. The Morgan fingerprint density at radius 1 is 1.40 bits per heavy atom. The lowest BCUT2D eigenvalue weighted by Gasteiger charge is -2.33. The highest BCUT2D eigenvalue weighted by atomic mass is 16.3. The molecule has 1 N–H and O–H groups in total. The standard InChI is InChI=1S/C8H19NO/c1-5-6-9(4)8(2,3)7-10/h10H,5-7H2,1-4H3. The normalized spacial score (nSPS) is 12.6. The Morgan fingerprint density at radius 2 is 1.90 bits per heavy atom. The zero-order valence-electron chi connectivity index (χ0n) is 7.52. The molecular weight excluding hydrogens is 126 g/mol. The van der Waals surface area contributed by atoms with E-state index < -0.39 is 0 Å². The Morgan fingerprint density at radius 3 is 2.20 bits per heavy atom. The van der Waals surface area contributed by atoms with Crippen LogP contribution in [-0.2, 0) is 0 Å². The molecule has 0 saturated carbocycles. The molecule has 0 bridgehead atoms. The molecule has 2 heteroatoms. The average Bonchev–Trinajstić information content (AvgIpc) is 1.89. The van der Waals surface area contributed by atoms with Gasteiger partial charge in [0.05, 0.1) is 6.61 Å². The van der Waals surface area contributed by atoms with Crippen molar-refractivity contribution in [3.8, 4) is 0 Å². The maximum atomic E-state index is 8.95. The third kappa shape index (κ3) is 2.67. The first-order valence-electron chi connectivity index (χ1n) is 3.86. The fraction of sp³-hybridized carbons (Fsp3) is 1.00. The third-order valence-corrected chi connectivity index (χ3v) is 1.98. The first kappa shape index (κ1) is 9.92. The molecule has 0 unspecified atom stereocenters. The molecule has 0 heterocycles. The van der Waals surface area contributed by atoms with Gasteiger partial charge >= 0.3 is 0 Å². The van der Waals surface area contributed by atoms with Crippen LogP contribution in [0.5, 0.6) is 0 Å². The monoisotopic (exact) mass is 145 g/mol. The van der Waals surface area contributed by atoms with Crippen LogP contribution in [0.3, 0.4) is 0 Å². The van der Waals surface area contributed by atoms with Gasteiger partial charge in [-0.2, -0.15) is 0 Å². The summed E-state index contributed by atoms with van der Waals surface area (Å²) in [5, 5.41) is 8.95. The van der Waals surface area contributed by atoms with E-state index in [1.807, 2.05) is 20.9 Å². The predicted octanol–water partition coefficient (Wildman–Crippen LogP) is 1.10. The van der Waals surface area contributed by atoms with Crippen LogP contribution in [0.4, 0.5) is 0 Å². The van der Waals surface area contributed by atoms with Gasteiger partial charge in [-0.05, 0) is 33.9 Å². The molecule has 2 nitrogen and oxygen atoms in total. The number of hydrogen-bond acceptors (Lipinski definition) is 2. The van der Waals surface area contributed by atoms with Crippen molar-refractivity contribution in [3.63, 3.8) is 0 Å². The van der Waals surface area contributed by atoms with Gasteiger partial charge in [0.2, 0.25) is 0 Å². The first-order chi connectivity index (χ1) is 4.54. The number of hydrogen-bond donors (Lipinski definition) is 1. The lowest BCUT2D eigenvalue weighted by Crippen LogP contribution is -2.44. The van der Waals surface area contributed by atoms with E-state index in [9.17, 15) is 0 Å². The van der Waals surface area contributed by atoms with Gasteiger partial charge in [-0.15, -0.1) is 0 Å². The minimum Gasteiger partial charge on any atom is -0.394 e. The molecular formula is C8H19NO. The van der Waals surface area contributed by atoms with Crippen molar-refractivity contribution in [1.29, 1.82) is 0 Å². The largest absolute Gasteiger partial charge is 0.394 e. The van der Waals surface area contributed by atoms with Crippen molar-refractivity contribution in [2.75, 3.05) is 20.2 Å². The second-order valence-corrected chi connectivity index (χ2v) is 3.39. The van der Waals surface area contributed by atoms with Crippen LogP contribution in [0.25, 0.3) is 0 Å². The molecule has 0 aliphatic carbocycles. The van der Waals surface area contributed by atoms with Crippen LogP contribution in [0.2, 0.25) is 0 Å². The zero-order valence-corrected chi connectivity index (χ0v) is 7.52. The van der Waals surface area contributed by atoms with E-state index in [1.165, 1.54) is 0 Å². The highest BCUT2D eigenvalue weighted by Crippen LogP contribution is 2.10. The van der Waals surface area contributed by atoms with Crippen molar-refractivity contribution in [3.05, 3.63) is 0 Å². The van der Waals surface area contributed by atoms with E-state index in [-0.39, 0.29) is 12.1 Å². The van der Waals surface area contributed by atoms with Crippen LogP contribution < -0.4 is 0 Å². The van der Waals surface area contributed by atoms with Crippen molar-refractivity contribution in [1.82, 2.24) is 4.90 Å². The van der Waals surface area contributed by atoms with Gasteiger partial charge in [-0.25, -0.2) is 0 Å². The maximum absolute atomic E-state index is 8.95. The minimum absolute atomic E-state index is 0.0595. The molecule has 10 heavy (non-hydrogen) atoms. The quantitative estimate of drug-likeness (QED) is 0.640. The summed E-state index contributed by atoms with van der Waals surface area (Å²) in [6.45, 7) is 7.51. The fourth-order valence-corrected chi connectivity index (χ4v) is 0.759. The van der Waals surface area contributed by atoms with Crippen molar-refractivity contribution < 1.29 is 5.11 Å². The number of rotatable bonds is 4. The van der Waals surface area contributed by atoms with Crippen LogP contribution in [0.15, 0.2) is 0 Å². The molecule has 0 atom stereocenters. The molecule has 0 fully saturated rings. The Bertz CT molecular complexity index is 91.3. The summed E-state index contributed by atoms with van der Waals surface area (Å²) in [6, 6.07) is 0. The number of likely N-dealkylation sites (N-methyl/N-ethyl adjacent to an activating group) is 1. The summed E-state index contributed by atoms with van der Waals surface area (Å²) in [6.07, 6.45) is 1.14. The second-order valence-electron chi connectivity index (χ2n) is 3.39. The minimum atomic E-state index is -0.0595. The van der Waals surface area contributed by atoms with E-state index in [0.29, 0.717) is 0 Å². The number of aliphatic hydroxyl groups excluding tert-OH is 1. The molecule has 0 rings (SSSR count). The molecule has 0 aliphatic rings. The van der Waals surface area contributed by atoms with E-state index >= 15 is 0 Å². The van der Waals surface area contributed by atoms with Gasteiger partial charge < -0.3 is 5.11 Å². The Hall–Kier alpha value is -0.0800. The number of nitrogens with zero attached hydrogens (tertiary/aromatic N) is 1. The molecule has 0 aromatic heterocycles. The highest BCUT2D eigenvalue weighted by Gasteiger charge is 2.20. The Labute approximate surface area is 63.8 Å². The van der Waals surface area contributed by atoms with Gasteiger partial charge in [0.25, 0.3) is 0 Å². The number of aliphatic hydroxyl groups is 1. The maximum Gasteiger partial charge on any atom is 0.0609 e. The fourth-order valence-electron chi connectivity index (χ4n) is 0.759. The summed E-state index contributed by atoms with van der Waals surface area (Å²) in [7, 11) is 2.04. The summed E-state index contributed by atoms with van der Waals surface area (Å²) in [4.78, 5) is 2.17. The molecule has 0 amide bonds. The van der Waals surface area contributed by atoms with Crippen molar-refractivity contribution in [2.24, 2.45) is 0 Å². The van der Waals surface area contributed by atoms with E-state index in [0.717, 1.165) is 13.0 Å². The van der Waals surface area contributed by atoms with Crippen LogP contribution >= 0.6 is 0 Å².